The van der Waals surface area contributed by atoms with Crippen LogP contribution in [0.1, 0.15) is 26.3 Å². The van der Waals surface area contributed by atoms with E-state index in [2.05, 4.69) is 64.4 Å². The van der Waals surface area contributed by atoms with Crippen molar-refractivity contribution < 1.29 is 4.79 Å². The summed E-state index contributed by atoms with van der Waals surface area (Å²) < 4.78 is 1.04. The van der Waals surface area contributed by atoms with Gasteiger partial charge in [-0.3, -0.25) is 4.79 Å². The molecule has 1 saturated heterocycles. The van der Waals surface area contributed by atoms with E-state index in [1.807, 2.05) is 6.07 Å². The average molecular weight is 340 g/mol. The summed E-state index contributed by atoms with van der Waals surface area (Å²) in [7, 11) is 0. The number of halogens is 1. The maximum Gasteiger partial charge on any atom is 0.239 e. The van der Waals surface area contributed by atoms with Gasteiger partial charge in [0.25, 0.3) is 0 Å². The third kappa shape index (κ3) is 4.21. The monoisotopic (exact) mass is 339 g/mol. The standard InChI is InChI=1S/C15H22BrN3O/c1-15(2,3)18-9-11-4-5-12(16)8-13(11)19-7-6-17-14(20)10-19/h4-5,8,18H,6-7,9-10H2,1-3H3,(H,17,20). The van der Waals surface area contributed by atoms with Gasteiger partial charge in [-0.15, -0.1) is 0 Å². The van der Waals surface area contributed by atoms with Crippen molar-refractivity contribution in [3.8, 4) is 0 Å². The lowest BCUT2D eigenvalue weighted by atomic mass is 10.1. The van der Waals surface area contributed by atoms with Crippen LogP contribution in [-0.4, -0.2) is 31.1 Å². The Morgan fingerprint density at radius 1 is 1.40 bits per heavy atom. The molecule has 110 valence electrons. The fourth-order valence-electron chi connectivity index (χ4n) is 2.19. The van der Waals surface area contributed by atoms with Crippen LogP contribution in [0.25, 0.3) is 0 Å². The van der Waals surface area contributed by atoms with Crippen LogP contribution in [0.4, 0.5) is 5.69 Å². The molecule has 20 heavy (non-hydrogen) atoms. The first-order chi connectivity index (χ1) is 9.35. The first-order valence-corrected chi connectivity index (χ1v) is 7.69. The molecule has 0 spiro atoms. The molecule has 0 aromatic heterocycles. The number of amides is 1. The molecule has 1 aliphatic rings. The molecule has 0 saturated carbocycles. The number of benzene rings is 1. The van der Waals surface area contributed by atoms with Gasteiger partial charge in [-0.25, -0.2) is 0 Å². The summed E-state index contributed by atoms with van der Waals surface area (Å²) in [4.78, 5) is 13.7. The van der Waals surface area contributed by atoms with Gasteiger partial charge >= 0.3 is 0 Å². The van der Waals surface area contributed by atoms with Crippen molar-refractivity contribution in [3.63, 3.8) is 0 Å². The van der Waals surface area contributed by atoms with E-state index in [9.17, 15) is 4.79 Å². The number of nitrogens with one attached hydrogen (secondary N) is 2. The van der Waals surface area contributed by atoms with Gasteiger partial charge in [0.05, 0.1) is 6.54 Å². The maximum atomic E-state index is 11.6. The average Bonchev–Trinajstić information content (AvgIpc) is 2.36. The molecule has 0 radical (unpaired) electrons. The van der Waals surface area contributed by atoms with Crippen LogP contribution >= 0.6 is 15.9 Å². The van der Waals surface area contributed by atoms with Crippen LogP contribution in [0.2, 0.25) is 0 Å². The van der Waals surface area contributed by atoms with Crippen LogP contribution in [0.5, 0.6) is 0 Å². The highest BCUT2D eigenvalue weighted by Crippen LogP contribution is 2.26. The summed E-state index contributed by atoms with van der Waals surface area (Å²) in [6, 6.07) is 6.26. The minimum atomic E-state index is 0.0730. The zero-order valence-electron chi connectivity index (χ0n) is 12.3. The molecule has 5 heteroatoms. The maximum absolute atomic E-state index is 11.6. The zero-order valence-corrected chi connectivity index (χ0v) is 13.9. The second-order valence-electron chi connectivity index (χ2n) is 6.15. The lowest BCUT2D eigenvalue weighted by Crippen LogP contribution is -2.48. The number of hydrogen-bond acceptors (Lipinski definition) is 3. The van der Waals surface area contributed by atoms with Crippen molar-refractivity contribution >= 4 is 27.5 Å². The number of carbonyl (C=O) groups excluding carboxylic acids is 1. The molecule has 0 atom stereocenters. The first-order valence-electron chi connectivity index (χ1n) is 6.90. The SMILES string of the molecule is CC(C)(C)NCc1ccc(Br)cc1N1CCNC(=O)C1. The topological polar surface area (TPSA) is 44.4 Å². The largest absolute Gasteiger partial charge is 0.360 e. The highest BCUT2D eigenvalue weighted by Gasteiger charge is 2.20. The molecule has 4 nitrogen and oxygen atoms in total. The Morgan fingerprint density at radius 3 is 2.80 bits per heavy atom. The number of piperazine rings is 1. The molecule has 1 aliphatic heterocycles. The summed E-state index contributed by atoms with van der Waals surface area (Å²) >= 11 is 3.52. The van der Waals surface area contributed by atoms with Crippen molar-refractivity contribution in [2.24, 2.45) is 0 Å². The van der Waals surface area contributed by atoms with Gasteiger partial charge in [-0.05, 0) is 38.5 Å². The molecule has 1 amide bonds. The number of rotatable bonds is 3. The van der Waals surface area contributed by atoms with Crippen molar-refractivity contribution in [1.29, 1.82) is 0 Å². The van der Waals surface area contributed by atoms with Crippen LogP contribution in [0.3, 0.4) is 0 Å². The Labute approximate surface area is 129 Å². The lowest BCUT2D eigenvalue weighted by molar-refractivity contribution is -0.120. The van der Waals surface area contributed by atoms with Crippen molar-refractivity contribution in [2.75, 3.05) is 24.5 Å². The summed E-state index contributed by atoms with van der Waals surface area (Å²) in [6.07, 6.45) is 0. The van der Waals surface area contributed by atoms with Gasteiger partial charge < -0.3 is 15.5 Å². The fraction of sp³-hybridized carbons (Fsp3) is 0.533. The van der Waals surface area contributed by atoms with Gasteiger partial charge in [0, 0.05) is 35.3 Å². The second-order valence-corrected chi connectivity index (χ2v) is 7.06. The number of anilines is 1. The molecule has 1 fully saturated rings. The fourth-order valence-corrected chi connectivity index (χ4v) is 2.53. The second kappa shape index (κ2) is 6.14. The molecular formula is C15H22BrN3O. The predicted octanol–water partition coefficient (Wildman–Crippen LogP) is 2.27. The number of nitrogens with zero attached hydrogens (tertiary/aromatic N) is 1. The van der Waals surface area contributed by atoms with Crippen LogP contribution < -0.4 is 15.5 Å². The van der Waals surface area contributed by atoms with Gasteiger partial charge in [-0.1, -0.05) is 22.0 Å². The molecule has 0 bridgehead atoms. The number of carbonyl (C=O) groups is 1. The Bertz CT molecular complexity index is 496. The summed E-state index contributed by atoms with van der Waals surface area (Å²) in [5.74, 6) is 0.0888. The summed E-state index contributed by atoms with van der Waals surface area (Å²) in [6.45, 7) is 9.24. The molecule has 2 rings (SSSR count). The Morgan fingerprint density at radius 2 is 2.15 bits per heavy atom. The van der Waals surface area contributed by atoms with E-state index in [1.54, 1.807) is 0 Å². The van der Waals surface area contributed by atoms with Crippen molar-refractivity contribution in [3.05, 3.63) is 28.2 Å². The molecule has 1 aromatic rings. The van der Waals surface area contributed by atoms with E-state index in [0.29, 0.717) is 13.1 Å². The minimum Gasteiger partial charge on any atom is -0.360 e. The lowest BCUT2D eigenvalue weighted by Gasteiger charge is -2.31. The van der Waals surface area contributed by atoms with Crippen LogP contribution in [-0.2, 0) is 11.3 Å². The van der Waals surface area contributed by atoms with Gasteiger partial charge in [0.15, 0.2) is 0 Å². The summed E-state index contributed by atoms with van der Waals surface area (Å²) in [5, 5.41) is 6.37. The van der Waals surface area contributed by atoms with Crippen molar-refractivity contribution in [2.45, 2.75) is 32.9 Å². The van der Waals surface area contributed by atoms with Crippen LogP contribution in [0, 0.1) is 0 Å². The predicted molar refractivity (Wildman–Crippen MR) is 86.0 cm³/mol. The van der Waals surface area contributed by atoms with E-state index < -0.39 is 0 Å². The molecular weight excluding hydrogens is 318 g/mol. The molecule has 0 unspecified atom stereocenters. The molecule has 2 N–H and O–H groups in total. The Kier molecular flexibility index (Phi) is 4.70. The molecule has 0 aliphatic carbocycles. The smallest absolute Gasteiger partial charge is 0.239 e. The van der Waals surface area contributed by atoms with Crippen molar-refractivity contribution in [1.82, 2.24) is 10.6 Å². The van der Waals surface area contributed by atoms with E-state index in [1.165, 1.54) is 5.56 Å². The van der Waals surface area contributed by atoms with Crippen LogP contribution in [0.15, 0.2) is 22.7 Å². The molecule has 1 heterocycles. The van der Waals surface area contributed by atoms with Gasteiger partial charge in [0.2, 0.25) is 5.91 Å². The van der Waals surface area contributed by atoms with E-state index in [-0.39, 0.29) is 11.4 Å². The zero-order chi connectivity index (χ0) is 14.8. The molecule has 1 aromatic carbocycles. The highest BCUT2D eigenvalue weighted by atomic mass is 79.9. The number of hydrogen-bond donors (Lipinski definition) is 2. The quantitative estimate of drug-likeness (QED) is 0.887. The highest BCUT2D eigenvalue weighted by molar-refractivity contribution is 9.10. The Hall–Kier alpha value is -1.07. The van der Waals surface area contributed by atoms with E-state index in [0.717, 1.165) is 23.2 Å². The third-order valence-corrected chi connectivity index (χ3v) is 3.73. The van der Waals surface area contributed by atoms with Gasteiger partial charge in [0.1, 0.15) is 0 Å². The normalized spacial score (nSPS) is 16.2. The van der Waals surface area contributed by atoms with E-state index >= 15 is 0 Å². The minimum absolute atomic E-state index is 0.0730. The summed E-state index contributed by atoms with van der Waals surface area (Å²) in [5.41, 5.74) is 2.42. The van der Waals surface area contributed by atoms with E-state index in [4.69, 9.17) is 0 Å². The third-order valence-electron chi connectivity index (χ3n) is 3.24. The van der Waals surface area contributed by atoms with Gasteiger partial charge in [-0.2, -0.15) is 0 Å². The first kappa shape index (κ1) is 15.3. The Balaban J connectivity index is 2.21.